The number of likely N-dealkylation sites (tertiary alicyclic amines) is 1. The summed E-state index contributed by atoms with van der Waals surface area (Å²) in [4.78, 5) is 18.6. The molecule has 1 aliphatic heterocycles. The monoisotopic (exact) mass is 273 g/mol. The summed E-state index contributed by atoms with van der Waals surface area (Å²) >= 11 is 0. The van der Waals surface area contributed by atoms with Gasteiger partial charge in [0, 0.05) is 11.6 Å². The number of oxazole rings is 1. The average molecular weight is 273 g/mol. The molecular weight excluding hydrogens is 254 g/mol. The molecule has 5 heteroatoms. The number of nitrogens with zero attached hydrogens (tertiary/aromatic N) is 2. The SMILES string of the molecule is CC1CCC(C)(C)N1C(=O)Nc1cccc2ocnc12. The summed E-state index contributed by atoms with van der Waals surface area (Å²) in [5.41, 5.74) is 1.94. The smallest absolute Gasteiger partial charge is 0.322 e. The van der Waals surface area contributed by atoms with Crippen LogP contribution in [0.3, 0.4) is 0 Å². The number of hydrogen-bond donors (Lipinski definition) is 1. The zero-order valence-corrected chi connectivity index (χ0v) is 12.0. The molecule has 1 aromatic heterocycles. The predicted octanol–water partition coefficient (Wildman–Crippen LogP) is 3.62. The van der Waals surface area contributed by atoms with Crippen molar-refractivity contribution in [2.45, 2.75) is 45.2 Å². The van der Waals surface area contributed by atoms with E-state index in [0.717, 1.165) is 12.8 Å². The van der Waals surface area contributed by atoms with Crippen molar-refractivity contribution >= 4 is 22.8 Å². The van der Waals surface area contributed by atoms with E-state index in [2.05, 4.69) is 31.1 Å². The van der Waals surface area contributed by atoms with Crippen molar-refractivity contribution < 1.29 is 9.21 Å². The molecule has 1 atom stereocenters. The van der Waals surface area contributed by atoms with Gasteiger partial charge in [0.2, 0.25) is 0 Å². The lowest BCUT2D eigenvalue weighted by Crippen LogP contribution is -2.48. The summed E-state index contributed by atoms with van der Waals surface area (Å²) in [7, 11) is 0. The molecule has 0 spiro atoms. The van der Waals surface area contributed by atoms with Crippen molar-refractivity contribution in [3.8, 4) is 0 Å². The second kappa shape index (κ2) is 4.51. The Bertz CT molecular complexity index is 647. The largest absolute Gasteiger partial charge is 0.443 e. The third kappa shape index (κ3) is 2.03. The lowest BCUT2D eigenvalue weighted by molar-refractivity contribution is 0.158. The molecule has 0 aliphatic carbocycles. The van der Waals surface area contributed by atoms with Crippen LogP contribution in [-0.2, 0) is 0 Å². The van der Waals surface area contributed by atoms with Crippen LogP contribution in [0.4, 0.5) is 10.5 Å². The molecule has 2 amide bonds. The van der Waals surface area contributed by atoms with E-state index in [-0.39, 0.29) is 17.6 Å². The minimum Gasteiger partial charge on any atom is -0.443 e. The lowest BCUT2D eigenvalue weighted by Gasteiger charge is -2.34. The van der Waals surface area contributed by atoms with Gasteiger partial charge in [-0.05, 0) is 45.7 Å². The fourth-order valence-electron chi connectivity index (χ4n) is 3.05. The number of anilines is 1. The maximum atomic E-state index is 12.6. The van der Waals surface area contributed by atoms with Crippen LogP contribution in [0.5, 0.6) is 0 Å². The third-order valence-electron chi connectivity index (χ3n) is 4.09. The first-order valence-corrected chi connectivity index (χ1v) is 6.91. The highest BCUT2D eigenvalue weighted by molar-refractivity contribution is 5.98. The van der Waals surface area contributed by atoms with Gasteiger partial charge < -0.3 is 14.6 Å². The Morgan fingerprint density at radius 2 is 2.30 bits per heavy atom. The average Bonchev–Trinajstić information content (AvgIpc) is 2.95. The summed E-state index contributed by atoms with van der Waals surface area (Å²) < 4.78 is 5.25. The van der Waals surface area contributed by atoms with E-state index in [9.17, 15) is 4.79 Å². The number of rotatable bonds is 1. The van der Waals surface area contributed by atoms with Crippen LogP contribution >= 0.6 is 0 Å². The topological polar surface area (TPSA) is 58.4 Å². The molecule has 5 nitrogen and oxygen atoms in total. The van der Waals surface area contributed by atoms with Crippen molar-refractivity contribution in [1.29, 1.82) is 0 Å². The summed E-state index contributed by atoms with van der Waals surface area (Å²) in [6.45, 7) is 6.30. The fraction of sp³-hybridized carbons (Fsp3) is 0.467. The van der Waals surface area contributed by atoms with Gasteiger partial charge >= 0.3 is 6.03 Å². The Hall–Kier alpha value is -2.04. The number of para-hydroxylation sites is 1. The number of carbonyl (C=O) groups excluding carboxylic acids is 1. The molecule has 20 heavy (non-hydrogen) atoms. The number of aromatic nitrogens is 1. The first-order valence-electron chi connectivity index (χ1n) is 6.91. The van der Waals surface area contributed by atoms with E-state index < -0.39 is 0 Å². The Morgan fingerprint density at radius 3 is 3.00 bits per heavy atom. The third-order valence-corrected chi connectivity index (χ3v) is 4.09. The summed E-state index contributed by atoms with van der Waals surface area (Å²) in [6.07, 6.45) is 3.45. The van der Waals surface area contributed by atoms with Gasteiger partial charge in [0.15, 0.2) is 12.0 Å². The van der Waals surface area contributed by atoms with Crippen LogP contribution < -0.4 is 5.32 Å². The second-order valence-corrected chi connectivity index (χ2v) is 6.00. The van der Waals surface area contributed by atoms with Crippen LogP contribution in [0.25, 0.3) is 11.1 Å². The summed E-state index contributed by atoms with van der Waals surface area (Å²) in [5, 5.41) is 2.96. The van der Waals surface area contributed by atoms with Gasteiger partial charge in [0.1, 0.15) is 5.52 Å². The maximum absolute atomic E-state index is 12.6. The minimum atomic E-state index is -0.110. The number of carbonyl (C=O) groups is 1. The van der Waals surface area contributed by atoms with Crippen LogP contribution in [0.2, 0.25) is 0 Å². The van der Waals surface area contributed by atoms with E-state index in [0.29, 0.717) is 16.8 Å². The molecule has 1 unspecified atom stereocenters. The van der Waals surface area contributed by atoms with Gasteiger partial charge in [0.25, 0.3) is 0 Å². The Kier molecular flexibility index (Phi) is 2.92. The first kappa shape index (κ1) is 13.0. The number of benzene rings is 1. The first-order chi connectivity index (χ1) is 9.49. The van der Waals surface area contributed by atoms with Gasteiger partial charge in [-0.25, -0.2) is 9.78 Å². The van der Waals surface area contributed by atoms with Gasteiger partial charge in [-0.15, -0.1) is 0 Å². The number of hydrogen-bond acceptors (Lipinski definition) is 3. The molecule has 1 fully saturated rings. The minimum absolute atomic E-state index is 0.0736. The molecule has 0 radical (unpaired) electrons. The zero-order valence-electron chi connectivity index (χ0n) is 12.0. The fourth-order valence-corrected chi connectivity index (χ4v) is 3.05. The van der Waals surface area contributed by atoms with Crippen molar-refractivity contribution in [3.63, 3.8) is 0 Å². The lowest BCUT2D eigenvalue weighted by atomic mass is 10.0. The van der Waals surface area contributed by atoms with Crippen molar-refractivity contribution in [2.24, 2.45) is 0 Å². The number of urea groups is 1. The molecule has 1 aromatic carbocycles. The van der Waals surface area contributed by atoms with E-state index in [4.69, 9.17) is 4.42 Å². The maximum Gasteiger partial charge on any atom is 0.322 e. The Labute approximate surface area is 118 Å². The summed E-state index contributed by atoms with van der Waals surface area (Å²) in [6, 6.07) is 5.70. The standard InChI is InChI=1S/C15H19N3O2/c1-10-7-8-15(2,3)18(10)14(19)17-11-5-4-6-12-13(11)16-9-20-12/h4-6,9-10H,7-8H2,1-3H3,(H,17,19). The highest BCUT2D eigenvalue weighted by atomic mass is 16.3. The van der Waals surface area contributed by atoms with Crippen LogP contribution in [0.15, 0.2) is 29.0 Å². The number of amides is 2. The zero-order chi connectivity index (χ0) is 14.3. The van der Waals surface area contributed by atoms with E-state index in [1.165, 1.54) is 6.39 Å². The molecule has 0 bridgehead atoms. The quantitative estimate of drug-likeness (QED) is 0.863. The van der Waals surface area contributed by atoms with Crippen molar-refractivity contribution in [3.05, 3.63) is 24.6 Å². The van der Waals surface area contributed by atoms with E-state index in [1.807, 2.05) is 23.1 Å². The van der Waals surface area contributed by atoms with Crippen LogP contribution in [-0.4, -0.2) is 27.5 Å². The number of nitrogens with one attached hydrogen (secondary N) is 1. The van der Waals surface area contributed by atoms with Gasteiger partial charge in [-0.1, -0.05) is 6.07 Å². The second-order valence-electron chi connectivity index (χ2n) is 6.00. The molecule has 0 saturated carbocycles. The molecule has 2 aromatic rings. The summed E-state index contributed by atoms with van der Waals surface area (Å²) in [5.74, 6) is 0. The van der Waals surface area contributed by atoms with Crippen molar-refractivity contribution in [2.75, 3.05) is 5.32 Å². The molecular formula is C15H19N3O2. The Balaban J connectivity index is 1.88. The van der Waals surface area contributed by atoms with Gasteiger partial charge in [-0.2, -0.15) is 0 Å². The number of fused-ring (bicyclic) bond motifs is 1. The van der Waals surface area contributed by atoms with Gasteiger partial charge in [0.05, 0.1) is 5.69 Å². The molecule has 1 aliphatic rings. The van der Waals surface area contributed by atoms with E-state index >= 15 is 0 Å². The highest BCUT2D eigenvalue weighted by Gasteiger charge is 2.40. The predicted molar refractivity (Wildman–Crippen MR) is 77.6 cm³/mol. The van der Waals surface area contributed by atoms with Crippen LogP contribution in [0.1, 0.15) is 33.6 Å². The molecule has 1 saturated heterocycles. The molecule has 1 N–H and O–H groups in total. The molecule has 3 rings (SSSR count). The van der Waals surface area contributed by atoms with Gasteiger partial charge in [-0.3, -0.25) is 0 Å². The molecule has 2 heterocycles. The highest BCUT2D eigenvalue weighted by Crippen LogP contribution is 2.34. The molecule has 106 valence electrons. The van der Waals surface area contributed by atoms with E-state index in [1.54, 1.807) is 0 Å². The van der Waals surface area contributed by atoms with Crippen LogP contribution in [0, 0.1) is 0 Å². The Morgan fingerprint density at radius 1 is 1.50 bits per heavy atom. The van der Waals surface area contributed by atoms with Crippen molar-refractivity contribution in [1.82, 2.24) is 9.88 Å². The normalized spacial score (nSPS) is 21.4.